The van der Waals surface area contributed by atoms with Crippen molar-refractivity contribution in [1.29, 1.82) is 0 Å². The number of pyridine rings is 1. The highest BCUT2D eigenvalue weighted by Crippen LogP contribution is 2.25. The quantitative estimate of drug-likeness (QED) is 0.455. The lowest BCUT2D eigenvalue weighted by atomic mass is 9.97. The maximum atomic E-state index is 5.74. The first-order valence-electron chi connectivity index (χ1n) is 13.9. The molecule has 0 spiro atoms. The van der Waals surface area contributed by atoms with Crippen molar-refractivity contribution in [3.05, 3.63) is 35.4 Å². The molecule has 192 valence electrons. The number of benzene rings is 1. The van der Waals surface area contributed by atoms with Crippen LogP contribution in [-0.2, 0) is 6.42 Å². The van der Waals surface area contributed by atoms with E-state index < -0.39 is 0 Å². The van der Waals surface area contributed by atoms with Gasteiger partial charge in [-0.1, -0.05) is 32.1 Å². The molecule has 0 unspecified atom stereocenters. The zero-order valence-electron chi connectivity index (χ0n) is 22.2. The van der Waals surface area contributed by atoms with Crippen LogP contribution in [-0.4, -0.2) is 85.1 Å². The summed E-state index contributed by atoms with van der Waals surface area (Å²) in [6.07, 6.45) is 5.74. The summed E-state index contributed by atoms with van der Waals surface area (Å²) in [4.78, 5) is 13.8. The van der Waals surface area contributed by atoms with Gasteiger partial charge in [0.05, 0.1) is 5.52 Å². The fourth-order valence-electron chi connectivity index (χ4n) is 5.64. The number of anilines is 1. The number of fused-ring (bicyclic) bond motifs is 1. The van der Waals surface area contributed by atoms with Gasteiger partial charge in [-0.3, -0.25) is 4.90 Å². The number of piperidine rings is 1. The maximum Gasteiger partial charge on any atom is 0.129 e. The molecule has 35 heavy (non-hydrogen) atoms. The van der Waals surface area contributed by atoms with Crippen molar-refractivity contribution < 1.29 is 0 Å². The van der Waals surface area contributed by atoms with E-state index >= 15 is 0 Å². The molecule has 4 rings (SSSR count). The molecular weight excluding hydrogens is 450 g/mol. The molecule has 0 saturated carbocycles. The van der Waals surface area contributed by atoms with E-state index in [1.165, 1.54) is 53.9 Å². The molecule has 0 amide bonds. The van der Waals surface area contributed by atoms with Crippen molar-refractivity contribution in [3.8, 4) is 0 Å². The standard InChI is InChI=1S/C29H45N5S/c1-4-32(5-2)14-6-7-26(35)20-25-8-9-28-27(21-25)23(3)19-29(31-28)34-17-15-33(16-18-34)22-24-10-12-30-13-11-24/h8-9,19,21,24,30H,4-7,10-18,20,22H2,1-3H3. The molecular formula is C29H45N5S. The molecule has 0 atom stereocenters. The normalized spacial score (nSPS) is 18.0. The summed E-state index contributed by atoms with van der Waals surface area (Å²) in [6.45, 7) is 18.2. The van der Waals surface area contributed by atoms with Crippen molar-refractivity contribution >= 4 is 33.8 Å². The van der Waals surface area contributed by atoms with E-state index in [1.807, 2.05) is 0 Å². The molecule has 5 nitrogen and oxygen atoms in total. The number of aromatic nitrogens is 1. The highest BCUT2D eigenvalue weighted by molar-refractivity contribution is 7.80. The molecule has 0 radical (unpaired) electrons. The molecule has 0 aliphatic carbocycles. The summed E-state index contributed by atoms with van der Waals surface area (Å²) in [6, 6.07) is 9.03. The van der Waals surface area contributed by atoms with Gasteiger partial charge in [0.2, 0.25) is 0 Å². The Balaban J connectivity index is 1.32. The van der Waals surface area contributed by atoms with Crippen LogP contribution in [0.3, 0.4) is 0 Å². The van der Waals surface area contributed by atoms with E-state index in [2.05, 4.69) is 65.1 Å². The zero-order valence-corrected chi connectivity index (χ0v) is 23.0. The Bertz CT molecular complexity index is 959. The van der Waals surface area contributed by atoms with Crippen molar-refractivity contribution in [1.82, 2.24) is 20.1 Å². The Kier molecular flexibility index (Phi) is 9.90. The van der Waals surface area contributed by atoms with E-state index in [0.717, 1.165) is 82.3 Å². The number of thiocarbonyl (C=S) groups is 1. The van der Waals surface area contributed by atoms with Crippen molar-refractivity contribution in [3.63, 3.8) is 0 Å². The molecule has 6 heteroatoms. The Hall–Kier alpha value is -1.60. The summed E-state index contributed by atoms with van der Waals surface area (Å²) < 4.78 is 0. The van der Waals surface area contributed by atoms with Crippen LogP contribution in [0.15, 0.2) is 24.3 Å². The van der Waals surface area contributed by atoms with Gasteiger partial charge in [-0.2, -0.15) is 0 Å². The van der Waals surface area contributed by atoms with Gasteiger partial charge in [-0.15, -0.1) is 0 Å². The van der Waals surface area contributed by atoms with Gasteiger partial charge < -0.3 is 15.1 Å². The van der Waals surface area contributed by atoms with E-state index in [-0.39, 0.29) is 0 Å². The predicted octanol–water partition coefficient (Wildman–Crippen LogP) is 4.70. The fraction of sp³-hybridized carbons (Fsp3) is 0.655. The van der Waals surface area contributed by atoms with Gasteiger partial charge >= 0.3 is 0 Å². The minimum atomic E-state index is 0.869. The minimum absolute atomic E-state index is 0.869. The molecule has 0 bridgehead atoms. The average Bonchev–Trinajstić information content (AvgIpc) is 2.88. The molecule has 3 heterocycles. The topological polar surface area (TPSA) is 34.6 Å². The Morgan fingerprint density at radius 3 is 2.54 bits per heavy atom. The molecule has 2 fully saturated rings. The van der Waals surface area contributed by atoms with E-state index in [0.29, 0.717) is 0 Å². The van der Waals surface area contributed by atoms with Gasteiger partial charge in [0.25, 0.3) is 0 Å². The van der Waals surface area contributed by atoms with Crippen LogP contribution >= 0.6 is 12.2 Å². The first-order valence-corrected chi connectivity index (χ1v) is 14.3. The van der Waals surface area contributed by atoms with Crippen molar-refractivity contribution in [2.45, 2.75) is 52.9 Å². The van der Waals surface area contributed by atoms with Crippen LogP contribution in [0.2, 0.25) is 0 Å². The predicted molar refractivity (Wildman–Crippen MR) is 154 cm³/mol. The molecule has 1 aromatic carbocycles. The second-order valence-corrected chi connectivity index (χ2v) is 11.1. The van der Waals surface area contributed by atoms with Gasteiger partial charge in [0, 0.05) is 44.5 Å². The lowest BCUT2D eigenvalue weighted by Gasteiger charge is -2.38. The first kappa shape index (κ1) is 26.5. The number of rotatable bonds is 11. The van der Waals surface area contributed by atoms with Gasteiger partial charge in [-0.05, 0) is 105 Å². The van der Waals surface area contributed by atoms with Crippen LogP contribution < -0.4 is 10.2 Å². The first-order chi connectivity index (χ1) is 17.1. The van der Waals surface area contributed by atoms with E-state index in [4.69, 9.17) is 17.2 Å². The second-order valence-electron chi connectivity index (χ2n) is 10.5. The number of piperazine rings is 1. The third kappa shape index (κ3) is 7.45. The van der Waals surface area contributed by atoms with E-state index in [9.17, 15) is 0 Å². The minimum Gasteiger partial charge on any atom is -0.354 e. The molecule has 2 saturated heterocycles. The maximum absolute atomic E-state index is 5.74. The van der Waals surface area contributed by atoms with Crippen LogP contribution in [0.5, 0.6) is 0 Å². The molecule has 2 aliphatic heterocycles. The summed E-state index contributed by atoms with van der Waals surface area (Å²) in [5.74, 6) is 2.00. The molecule has 2 aromatic rings. The second kappa shape index (κ2) is 13.1. The van der Waals surface area contributed by atoms with Crippen LogP contribution in [0.25, 0.3) is 10.9 Å². The van der Waals surface area contributed by atoms with Crippen molar-refractivity contribution in [2.75, 3.05) is 70.3 Å². The highest BCUT2D eigenvalue weighted by Gasteiger charge is 2.22. The van der Waals surface area contributed by atoms with E-state index in [1.54, 1.807) is 0 Å². The zero-order chi connectivity index (χ0) is 24.6. The van der Waals surface area contributed by atoms with Crippen LogP contribution in [0.4, 0.5) is 5.82 Å². The van der Waals surface area contributed by atoms with Crippen LogP contribution in [0, 0.1) is 12.8 Å². The Morgan fingerprint density at radius 1 is 1.09 bits per heavy atom. The lowest BCUT2D eigenvalue weighted by molar-refractivity contribution is 0.196. The van der Waals surface area contributed by atoms with Gasteiger partial charge in [-0.25, -0.2) is 4.98 Å². The molecule has 1 aromatic heterocycles. The Morgan fingerprint density at radius 2 is 1.83 bits per heavy atom. The number of nitrogens with zero attached hydrogens (tertiary/aromatic N) is 4. The Labute approximate surface area is 218 Å². The largest absolute Gasteiger partial charge is 0.354 e. The summed E-state index contributed by atoms with van der Waals surface area (Å²) >= 11 is 5.74. The van der Waals surface area contributed by atoms with Gasteiger partial charge in [0.15, 0.2) is 0 Å². The van der Waals surface area contributed by atoms with Gasteiger partial charge in [0.1, 0.15) is 5.82 Å². The third-order valence-corrected chi connectivity index (χ3v) is 8.31. The summed E-state index contributed by atoms with van der Waals surface area (Å²) in [5.41, 5.74) is 3.74. The number of hydrogen-bond donors (Lipinski definition) is 1. The third-order valence-electron chi connectivity index (χ3n) is 7.96. The SMILES string of the molecule is CCN(CC)CCCC(=S)Cc1ccc2nc(N3CCN(CC4CCNCC4)CC3)cc(C)c2c1. The molecule has 2 aliphatic rings. The highest BCUT2D eigenvalue weighted by atomic mass is 32.1. The van der Waals surface area contributed by atoms with Crippen LogP contribution in [0.1, 0.15) is 50.7 Å². The average molecular weight is 496 g/mol. The number of nitrogens with one attached hydrogen (secondary N) is 1. The lowest BCUT2D eigenvalue weighted by Crippen LogP contribution is -2.48. The summed E-state index contributed by atoms with van der Waals surface area (Å²) in [7, 11) is 0. The summed E-state index contributed by atoms with van der Waals surface area (Å²) in [5, 5.41) is 4.75. The smallest absolute Gasteiger partial charge is 0.129 e. The van der Waals surface area contributed by atoms with Crippen molar-refractivity contribution in [2.24, 2.45) is 5.92 Å². The monoisotopic (exact) mass is 495 g/mol. The number of hydrogen-bond acceptors (Lipinski definition) is 6. The number of aryl methyl sites for hydroxylation is 1. The fourth-order valence-corrected chi connectivity index (χ4v) is 5.95. The molecule has 1 N–H and O–H groups in total.